The zero-order chi connectivity index (χ0) is 20.3. The fourth-order valence-corrected chi connectivity index (χ4v) is 3.83. The highest BCUT2D eigenvalue weighted by molar-refractivity contribution is 7.89. The van der Waals surface area contributed by atoms with Gasteiger partial charge in [0.15, 0.2) is 0 Å². The van der Waals surface area contributed by atoms with Gasteiger partial charge in [0.05, 0.1) is 4.90 Å². The molecule has 0 bridgehead atoms. The Hall–Kier alpha value is -2.42. The Labute approximate surface area is 168 Å². The molecule has 3 N–H and O–H groups in total. The number of piperidine rings is 1. The molecule has 148 valence electrons. The third kappa shape index (κ3) is 4.89. The summed E-state index contributed by atoms with van der Waals surface area (Å²) in [6.45, 7) is 0.960. The lowest BCUT2D eigenvalue weighted by atomic mass is 9.95. The van der Waals surface area contributed by atoms with Crippen molar-refractivity contribution in [2.75, 3.05) is 18.4 Å². The Balaban J connectivity index is 1.56. The van der Waals surface area contributed by atoms with E-state index in [9.17, 15) is 18.0 Å². The van der Waals surface area contributed by atoms with Crippen LogP contribution in [0.3, 0.4) is 0 Å². The van der Waals surface area contributed by atoms with Crippen LogP contribution in [0.15, 0.2) is 53.4 Å². The molecule has 0 spiro atoms. The van der Waals surface area contributed by atoms with Gasteiger partial charge in [-0.05, 0) is 55.3 Å². The van der Waals surface area contributed by atoms with Crippen molar-refractivity contribution in [2.45, 2.75) is 17.7 Å². The van der Waals surface area contributed by atoms with Crippen LogP contribution in [0, 0.1) is 5.92 Å². The number of carbonyl (C=O) groups excluding carboxylic acids is 2. The van der Waals surface area contributed by atoms with Crippen molar-refractivity contribution in [3.8, 4) is 0 Å². The Kier molecular flexibility index (Phi) is 6.02. The molecular formula is C19H20ClN3O4S. The van der Waals surface area contributed by atoms with Crippen LogP contribution in [0.2, 0.25) is 5.02 Å². The number of benzene rings is 2. The lowest BCUT2D eigenvalue weighted by molar-refractivity contribution is -0.121. The van der Waals surface area contributed by atoms with Crippen LogP contribution in [0.4, 0.5) is 5.69 Å². The zero-order valence-corrected chi connectivity index (χ0v) is 16.5. The number of primary sulfonamides is 1. The number of amides is 2. The third-order valence-corrected chi connectivity index (χ3v) is 5.84. The van der Waals surface area contributed by atoms with E-state index in [4.69, 9.17) is 16.7 Å². The first-order valence-electron chi connectivity index (χ1n) is 8.72. The number of carbonyl (C=O) groups is 2. The van der Waals surface area contributed by atoms with Gasteiger partial charge in [-0.3, -0.25) is 9.59 Å². The molecule has 1 aliphatic rings. The molecule has 9 heteroatoms. The van der Waals surface area contributed by atoms with Crippen molar-refractivity contribution in [3.05, 3.63) is 59.1 Å². The summed E-state index contributed by atoms with van der Waals surface area (Å²) in [7, 11) is -3.77. The smallest absolute Gasteiger partial charge is 0.253 e. The van der Waals surface area contributed by atoms with Gasteiger partial charge in [0.2, 0.25) is 15.9 Å². The number of anilines is 1. The topological polar surface area (TPSA) is 110 Å². The quantitative estimate of drug-likeness (QED) is 0.790. The van der Waals surface area contributed by atoms with Crippen LogP contribution < -0.4 is 10.5 Å². The molecule has 0 aromatic heterocycles. The fourth-order valence-electron chi connectivity index (χ4n) is 3.12. The average molecular weight is 422 g/mol. The summed E-state index contributed by atoms with van der Waals surface area (Å²) in [5.41, 5.74) is 1.03. The molecule has 0 saturated carbocycles. The molecule has 0 atom stereocenters. The average Bonchev–Trinajstić information content (AvgIpc) is 2.67. The SMILES string of the molecule is NS(=O)(=O)c1ccc(NC(=O)C2CCN(C(=O)c3cccc(Cl)c3)CC2)cc1. The summed E-state index contributed by atoms with van der Waals surface area (Å²) >= 11 is 5.94. The Bertz CT molecular complexity index is 984. The molecule has 2 aromatic carbocycles. The van der Waals surface area contributed by atoms with E-state index in [1.807, 2.05) is 0 Å². The van der Waals surface area contributed by atoms with Crippen LogP contribution in [-0.2, 0) is 14.8 Å². The highest BCUT2D eigenvalue weighted by atomic mass is 35.5. The van der Waals surface area contributed by atoms with E-state index in [0.29, 0.717) is 42.2 Å². The minimum atomic E-state index is -3.77. The minimum Gasteiger partial charge on any atom is -0.339 e. The molecular weight excluding hydrogens is 402 g/mol. The molecule has 1 fully saturated rings. The van der Waals surface area contributed by atoms with Gasteiger partial charge in [0.25, 0.3) is 5.91 Å². The second kappa shape index (κ2) is 8.30. The van der Waals surface area contributed by atoms with Crippen molar-refractivity contribution in [3.63, 3.8) is 0 Å². The molecule has 1 saturated heterocycles. The molecule has 1 heterocycles. The van der Waals surface area contributed by atoms with Crippen molar-refractivity contribution in [2.24, 2.45) is 11.1 Å². The molecule has 1 aliphatic heterocycles. The van der Waals surface area contributed by atoms with Gasteiger partial charge < -0.3 is 10.2 Å². The van der Waals surface area contributed by atoms with Crippen LogP contribution in [0.1, 0.15) is 23.2 Å². The van der Waals surface area contributed by atoms with E-state index in [-0.39, 0.29) is 22.6 Å². The summed E-state index contributed by atoms with van der Waals surface area (Å²) in [5.74, 6) is -0.473. The first-order valence-corrected chi connectivity index (χ1v) is 10.6. The van der Waals surface area contributed by atoms with Crippen molar-refractivity contribution in [1.82, 2.24) is 4.90 Å². The Morgan fingerprint density at radius 2 is 1.71 bits per heavy atom. The summed E-state index contributed by atoms with van der Waals surface area (Å²) in [6, 6.07) is 12.5. The number of sulfonamides is 1. The molecule has 3 rings (SSSR count). The third-order valence-electron chi connectivity index (χ3n) is 4.67. The van der Waals surface area contributed by atoms with Crippen molar-refractivity contribution >= 4 is 39.1 Å². The highest BCUT2D eigenvalue weighted by Crippen LogP contribution is 2.22. The number of nitrogens with two attached hydrogens (primary N) is 1. The monoisotopic (exact) mass is 421 g/mol. The molecule has 2 aromatic rings. The number of likely N-dealkylation sites (tertiary alicyclic amines) is 1. The van der Waals surface area contributed by atoms with E-state index in [1.54, 1.807) is 29.2 Å². The second-order valence-corrected chi connectivity index (χ2v) is 8.63. The van der Waals surface area contributed by atoms with Crippen molar-refractivity contribution < 1.29 is 18.0 Å². The predicted octanol–water partition coefficient (Wildman–Crippen LogP) is 2.48. The van der Waals surface area contributed by atoms with Gasteiger partial charge in [-0.15, -0.1) is 0 Å². The number of nitrogens with one attached hydrogen (secondary N) is 1. The Morgan fingerprint density at radius 3 is 2.29 bits per heavy atom. The van der Waals surface area contributed by atoms with Crippen LogP contribution in [0.5, 0.6) is 0 Å². The van der Waals surface area contributed by atoms with Gasteiger partial charge in [0, 0.05) is 35.3 Å². The molecule has 0 aliphatic carbocycles. The number of hydrogen-bond donors (Lipinski definition) is 2. The van der Waals surface area contributed by atoms with Gasteiger partial charge >= 0.3 is 0 Å². The predicted molar refractivity (Wildman–Crippen MR) is 107 cm³/mol. The van der Waals surface area contributed by atoms with Crippen molar-refractivity contribution in [1.29, 1.82) is 0 Å². The first kappa shape index (κ1) is 20.3. The van der Waals surface area contributed by atoms with Gasteiger partial charge in [-0.1, -0.05) is 17.7 Å². The van der Waals surface area contributed by atoms with Gasteiger partial charge in [-0.2, -0.15) is 0 Å². The molecule has 2 amide bonds. The van der Waals surface area contributed by atoms with E-state index in [1.165, 1.54) is 24.3 Å². The number of halogens is 1. The number of hydrogen-bond acceptors (Lipinski definition) is 4. The van der Waals surface area contributed by atoms with Crippen LogP contribution >= 0.6 is 11.6 Å². The van der Waals surface area contributed by atoms with E-state index < -0.39 is 10.0 Å². The maximum absolute atomic E-state index is 12.5. The van der Waals surface area contributed by atoms with E-state index in [0.717, 1.165) is 0 Å². The molecule has 28 heavy (non-hydrogen) atoms. The second-order valence-electron chi connectivity index (χ2n) is 6.64. The standard InChI is InChI=1S/C19H20ClN3O4S/c20-15-3-1-2-14(12-15)19(25)23-10-8-13(9-11-23)18(24)22-16-4-6-17(7-5-16)28(21,26)27/h1-7,12-13H,8-11H2,(H,22,24)(H2,21,26,27). The maximum Gasteiger partial charge on any atom is 0.253 e. The maximum atomic E-state index is 12.5. The largest absolute Gasteiger partial charge is 0.339 e. The van der Waals surface area contributed by atoms with E-state index >= 15 is 0 Å². The zero-order valence-electron chi connectivity index (χ0n) is 15.0. The normalized spacial score (nSPS) is 15.3. The van der Waals surface area contributed by atoms with E-state index in [2.05, 4.69) is 5.32 Å². The Morgan fingerprint density at radius 1 is 1.07 bits per heavy atom. The lowest BCUT2D eigenvalue weighted by Gasteiger charge is -2.31. The van der Waals surface area contributed by atoms with Gasteiger partial charge in [0.1, 0.15) is 0 Å². The van der Waals surface area contributed by atoms with Gasteiger partial charge in [-0.25, -0.2) is 13.6 Å². The summed E-state index contributed by atoms with van der Waals surface area (Å²) in [6.07, 6.45) is 1.10. The lowest BCUT2D eigenvalue weighted by Crippen LogP contribution is -2.41. The summed E-state index contributed by atoms with van der Waals surface area (Å²) < 4.78 is 22.5. The van der Waals surface area contributed by atoms with Crippen LogP contribution in [-0.4, -0.2) is 38.2 Å². The minimum absolute atomic E-state index is 0.0154. The summed E-state index contributed by atoms with van der Waals surface area (Å²) in [4.78, 5) is 26.7. The first-order chi connectivity index (χ1) is 13.2. The summed E-state index contributed by atoms with van der Waals surface area (Å²) in [5, 5.41) is 8.34. The highest BCUT2D eigenvalue weighted by Gasteiger charge is 2.28. The molecule has 0 unspecified atom stereocenters. The number of nitrogens with zero attached hydrogens (tertiary/aromatic N) is 1. The molecule has 0 radical (unpaired) electrons. The van der Waals surface area contributed by atoms with Crippen LogP contribution in [0.25, 0.3) is 0 Å². The number of rotatable bonds is 4. The molecule has 7 nitrogen and oxygen atoms in total. The fraction of sp³-hybridized carbons (Fsp3) is 0.263.